The van der Waals surface area contributed by atoms with Gasteiger partial charge >= 0.3 is 0 Å². The quantitative estimate of drug-likeness (QED) is 0.762. The van der Waals surface area contributed by atoms with E-state index in [2.05, 4.69) is 5.32 Å². The van der Waals surface area contributed by atoms with Crippen LogP contribution in [-0.4, -0.2) is 23.5 Å². The monoisotopic (exact) mass is 264 g/mol. The number of benzene rings is 1. The fourth-order valence-corrected chi connectivity index (χ4v) is 1.66. The Morgan fingerprint density at radius 2 is 2.28 bits per heavy atom. The summed E-state index contributed by atoms with van der Waals surface area (Å²) in [5.41, 5.74) is 6.30. The number of hydrogen-bond donors (Lipinski definition) is 2. The van der Waals surface area contributed by atoms with Crippen LogP contribution in [0.5, 0.6) is 5.75 Å². The van der Waals surface area contributed by atoms with Crippen molar-refractivity contribution in [2.45, 2.75) is 25.3 Å². The Morgan fingerprint density at radius 3 is 2.94 bits per heavy atom. The van der Waals surface area contributed by atoms with Crippen molar-refractivity contribution in [2.24, 2.45) is 5.73 Å². The summed E-state index contributed by atoms with van der Waals surface area (Å²) in [6.07, 6.45) is 2.57. The highest BCUT2D eigenvalue weighted by molar-refractivity contribution is 7.80. The van der Waals surface area contributed by atoms with Gasteiger partial charge in [-0.2, -0.15) is 0 Å². The molecular formula is C13H16N2O2S. The number of ether oxygens (including phenoxy) is 1. The Balaban J connectivity index is 1.76. The van der Waals surface area contributed by atoms with Crippen molar-refractivity contribution in [2.75, 3.05) is 6.61 Å². The van der Waals surface area contributed by atoms with Crippen LogP contribution in [0.2, 0.25) is 0 Å². The predicted molar refractivity (Wildman–Crippen MR) is 73.6 cm³/mol. The molecule has 1 aromatic rings. The molecule has 4 nitrogen and oxygen atoms in total. The molecule has 18 heavy (non-hydrogen) atoms. The summed E-state index contributed by atoms with van der Waals surface area (Å²) in [5, 5.41) is 2.91. The van der Waals surface area contributed by atoms with Gasteiger partial charge in [-0.25, -0.2) is 0 Å². The fraction of sp³-hybridized carbons (Fsp3) is 0.385. The summed E-state index contributed by atoms with van der Waals surface area (Å²) >= 11 is 4.89. The third-order valence-electron chi connectivity index (χ3n) is 2.66. The summed E-state index contributed by atoms with van der Waals surface area (Å²) in [5.74, 6) is 0.725. The smallest absolute Gasteiger partial charge is 0.223 e. The zero-order valence-corrected chi connectivity index (χ0v) is 10.8. The van der Waals surface area contributed by atoms with E-state index in [1.165, 1.54) is 0 Å². The molecule has 1 aromatic carbocycles. The zero-order chi connectivity index (χ0) is 13.0. The minimum absolute atomic E-state index is 0.0444. The standard InChI is InChI=1S/C13H16N2O2S/c14-13(18)9-2-1-3-11(8-9)17-7-6-12(16)15-10-4-5-10/h1-3,8,10H,4-7H2,(H2,14,18)(H,15,16). The number of carbonyl (C=O) groups is 1. The number of hydrogen-bond acceptors (Lipinski definition) is 3. The maximum atomic E-state index is 11.4. The van der Waals surface area contributed by atoms with E-state index in [-0.39, 0.29) is 5.91 Å². The van der Waals surface area contributed by atoms with E-state index in [1.54, 1.807) is 6.07 Å². The molecule has 1 aliphatic rings. The van der Waals surface area contributed by atoms with E-state index in [9.17, 15) is 4.79 Å². The van der Waals surface area contributed by atoms with Crippen molar-refractivity contribution in [1.29, 1.82) is 0 Å². The summed E-state index contributed by atoms with van der Waals surface area (Å²) in [7, 11) is 0. The molecule has 1 fully saturated rings. The van der Waals surface area contributed by atoms with Crippen molar-refractivity contribution in [3.05, 3.63) is 29.8 Å². The summed E-state index contributed by atoms with van der Waals surface area (Å²) in [4.78, 5) is 11.8. The minimum atomic E-state index is 0.0444. The molecule has 5 heteroatoms. The number of rotatable bonds is 6. The lowest BCUT2D eigenvalue weighted by Crippen LogP contribution is -2.26. The molecule has 0 aliphatic heterocycles. The summed E-state index contributed by atoms with van der Waals surface area (Å²) < 4.78 is 5.49. The first kappa shape index (κ1) is 12.8. The molecular weight excluding hydrogens is 248 g/mol. The second-order valence-corrected chi connectivity index (χ2v) is 4.77. The highest BCUT2D eigenvalue weighted by atomic mass is 32.1. The van der Waals surface area contributed by atoms with Crippen LogP contribution in [0, 0.1) is 0 Å². The van der Waals surface area contributed by atoms with Crippen molar-refractivity contribution in [1.82, 2.24) is 5.32 Å². The summed E-state index contributed by atoms with van der Waals surface area (Å²) in [6, 6.07) is 7.65. The van der Waals surface area contributed by atoms with E-state index < -0.39 is 0 Å². The molecule has 1 amide bonds. The van der Waals surface area contributed by atoms with Gasteiger partial charge in [0.1, 0.15) is 10.7 Å². The first-order valence-corrected chi connectivity index (χ1v) is 6.38. The lowest BCUT2D eigenvalue weighted by atomic mass is 10.2. The van der Waals surface area contributed by atoms with E-state index in [1.807, 2.05) is 18.2 Å². The average molecular weight is 264 g/mol. The molecule has 0 bridgehead atoms. The number of nitrogens with one attached hydrogen (secondary N) is 1. The fourth-order valence-electron chi connectivity index (χ4n) is 1.53. The number of nitrogens with two attached hydrogens (primary N) is 1. The molecule has 0 saturated heterocycles. The molecule has 1 aliphatic carbocycles. The molecule has 0 aromatic heterocycles. The van der Waals surface area contributed by atoms with Crippen molar-refractivity contribution >= 4 is 23.1 Å². The van der Waals surface area contributed by atoms with E-state index >= 15 is 0 Å². The van der Waals surface area contributed by atoms with Crippen LogP contribution >= 0.6 is 12.2 Å². The van der Waals surface area contributed by atoms with Gasteiger partial charge in [0.25, 0.3) is 0 Å². The first-order chi connectivity index (χ1) is 8.65. The Hall–Kier alpha value is -1.62. The van der Waals surface area contributed by atoms with Crippen LogP contribution in [0.1, 0.15) is 24.8 Å². The molecule has 1 saturated carbocycles. The van der Waals surface area contributed by atoms with Crippen LogP contribution in [0.3, 0.4) is 0 Å². The van der Waals surface area contributed by atoms with E-state index in [0.717, 1.165) is 18.4 Å². The van der Waals surface area contributed by atoms with Crippen LogP contribution < -0.4 is 15.8 Å². The number of thiocarbonyl (C=S) groups is 1. The predicted octanol–water partition coefficient (Wildman–Crippen LogP) is 1.37. The lowest BCUT2D eigenvalue weighted by molar-refractivity contribution is -0.121. The van der Waals surface area contributed by atoms with Gasteiger partial charge in [0, 0.05) is 11.6 Å². The minimum Gasteiger partial charge on any atom is -0.493 e. The van der Waals surface area contributed by atoms with Gasteiger partial charge in [0.15, 0.2) is 0 Å². The van der Waals surface area contributed by atoms with Gasteiger partial charge in [-0.3, -0.25) is 4.79 Å². The van der Waals surface area contributed by atoms with Crippen LogP contribution in [0.4, 0.5) is 0 Å². The molecule has 96 valence electrons. The van der Waals surface area contributed by atoms with Crippen molar-refractivity contribution < 1.29 is 9.53 Å². The molecule has 0 radical (unpaired) electrons. The number of amides is 1. The lowest BCUT2D eigenvalue weighted by Gasteiger charge is -2.07. The maximum Gasteiger partial charge on any atom is 0.223 e. The third kappa shape index (κ3) is 4.00. The van der Waals surface area contributed by atoms with Gasteiger partial charge in [-0.05, 0) is 25.0 Å². The van der Waals surface area contributed by atoms with Crippen molar-refractivity contribution in [3.63, 3.8) is 0 Å². The maximum absolute atomic E-state index is 11.4. The normalized spacial score (nSPS) is 14.0. The van der Waals surface area contributed by atoms with Gasteiger partial charge in [0.2, 0.25) is 5.91 Å². The average Bonchev–Trinajstić information content (AvgIpc) is 3.13. The Morgan fingerprint density at radius 1 is 1.50 bits per heavy atom. The zero-order valence-electron chi connectivity index (χ0n) is 10.0. The molecule has 3 N–H and O–H groups in total. The van der Waals surface area contributed by atoms with Gasteiger partial charge in [-0.1, -0.05) is 24.4 Å². The third-order valence-corrected chi connectivity index (χ3v) is 2.89. The number of carbonyl (C=O) groups excluding carboxylic acids is 1. The summed E-state index contributed by atoms with van der Waals surface area (Å²) in [6.45, 7) is 0.360. The molecule has 0 atom stereocenters. The highest BCUT2D eigenvalue weighted by Crippen LogP contribution is 2.18. The van der Waals surface area contributed by atoms with Gasteiger partial charge in [0.05, 0.1) is 13.0 Å². The van der Waals surface area contributed by atoms with Crippen LogP contribution in [0.25, 0.3) is 0 Å². The molecule has 0 spiro atoms. The van der Waals surface area contributed by atoms with Gasteiger partial charge in [-0.15, -0.1) is 0 Å². The first-order valence-electron chi connectivity index (χ1n) is 5.97. The Labute approximate surface area is 112 Å². The van der Waals surface area contributed by atoms with Crippen LogP contribution in [0.15, 0.2) is 24.3 Å². The van der Waals surface area contributed by atoms with Crippen LogP contribution in [-0.2, 0) is 4.79 Å². The Kier molecular flexibility index (Phi) is 4.15. The highest BCUT2D eigenvalue weighted by Gasteiger charge is 2.22. The van der Waals surface area contributed by atoms with Crippen molar-refractivity contribution in [3.8, 4) is 5.75 Å². The molecule has 2 rings (SSSR count). The van der Waals surface area contributed by atoms with E-state index in [0.29, 0.717) is 29.8 Å². The second kappa shape index (κ2) is 5.82. The molecule has 0 unspecified atom stereocenters. The Bertz CT molecular complexity index is 458. The second-order valence-electron chi connectivity index (χ2n) is 4.33. The molecule has 0 heterocycles. The topological polar surface area (TPSA) is 64.3 Å². The largest absolute Gasteiger partial charge is 0.493 e. The van der Waals surface area contributed by atoms with Gasteiger partial charge < -0.3 is 15.8 Å². The SMILES string of the molecule is NC(=S)c1cccc(OCCC(=O)NC2CC2)c1. The van der Waals surface area contributed by atoms with E-state index in [4.69, 9.17) is 22.7 Å².